The van der Waals surface area contributed by atoms with Crippen LogP contribution in [0.2, 0.25) is 0 Å². The molecule has 0 aromatic carbocycles. The summed E-state index contributed by atoms with van der Waals surface area (Å²) in [6, 6.07) is 0. The average molecular weight is 259 g/mol. The number of nitrogens with one attached hydrogen (secondary N) is 1. The number of carbonyl (C=O) groups is 1. The first-order valence-corrected chi connectivity index (χ1v) is 5.01. The molecule has 0 aromatic rings. The first-order chi connectivity index (χ1) is 7.84. The zero-order chi connectivity index (χ0) is 13.1. The summed E-state index contributed by atoms with van der Waals surface area (Å²) in [6.07, 6.45) is -3.86. The smallest absolute Gasteiger partial charge is 0.383 e. The molecule has 0 bridgehead atoms. The second-order valence-corrected chi connectivity index (χ2v) is 3.93. The van der Waals surface area contributed by atoms with Gasteiger partial charge in [0.15, 0.2) is 0 Å². The second-order valence-electron chi connectivity index (χ2n) is 3.93. The zero-order valence-corrected chi connectivity index (χ0v) is 8.89. The number of alkyl halides is 4. The lowest BCUT2D eigenvalue weighted by atomic mass is 9.90. The molecule has 1 aliphatic rings. The van der Waals surface area contributed by atoms with Gasteiger partial charge in [-0.25, -0.2) is 8.78 Å². The van der Waals surface area contributed by atoms with Gasteiger partial charge in [0.1, 0.15) is 0 Å². The minimum atomic E-state index is -4.75. The van der Waals surface area contributed by atoms with Crippen molar-refractivity contribution in [3.8, 4) is 0 Å². The molecule has 1 rings (SSSR count). The summed E-state index contributed by atoms with van der Waals surface area (Å²) in [5, 5.41) is 10.9. The van der Waals surface area contributed by atoms with Crippen LogP contribution in [0.15, 0.2) is 0 Å². The zero-order valence-electron chi connectivity index (χ0n) is 8.89. The number of hydrogen-bond donors (Lipinski definition) is 2. The standard InChI is InChI=1S/C9H13F4NO3/c10-6(11)9(12,13)7(16)14-8(5-15)1-3-17-4-2-8/h6,15H,1-5H2,(H,14,16). The molecule has 0 aromatic heterocycles. The first kappa shape index (κ1) is 14.2. The SMILES string of the molecule is O=C(NC1(CO)CCOCC1)C(F)(F)C(F)F. The number of hydrogen-bond acceptors (Lipinski definition) is 3. The molecule has 4 nitrogen and oxygen atoms in total. The predicted octanol–water partition coefficient (Wildman–Crippen LogP) is 0.544. The average Bonchev–Trinajstić information content (AvgIpc) is 2.30. The third-order valence-corrected chi connectivity index (χ3v) is 2.71. The quantitative estimate of drug-likeness (QED) is 0.725. The van der Waals surface area contributed by atoms with E-state index in [0.29, 0.717) is 0 Å². The number of ether oxygens (including phenoxy) is 1. The van der Waals surface area contributed by atoms with Crippen molar-refractivity contribution in [3.63, 3.8) is 0 Å². The Bertz CT molecular complexity index is 279. The summed E-state index contributed by atoms with van der Waals surface area (Å²) >= 11 is 0. The molecule has 8 heteroatoms. The van der Waals surface area contributed by atoms with Gasteiger partial charge in [-0.3, -0.25) is 4.79 Å². The van der Waals surface area contributed by atoms with Crippen molar-refractivity contribution in [2.45, 2.75) is 30.7 Å². The molecule has 0 radical (unpaired) electrons. The van der Waals surface area contributed by atoms with E-state index in [0.717, 1.165) is 0 Å². The van der Waals surface area contributed by atoms with Crippen LogP contribution >= 0.6 is 0 Å². The van der Waals surface area contributed by atoms with Gasteiger partial charge in [0.25, 0.3) is 5.91 Å². The second kappa shape index (κ2) is 5.18. The predicted molar refractivity (Wildman–Crippen MR) is 49.0 cm³/mol. The van der Waals surface area contributed by atoms with Crippen LogP contribution in [0.4, 0.5) is 17.6 Å². The maximum atomic E-state index is 12.7. The molecule has 0 spiro atoms. The summed E-state index contributed by atoms with van der Waals surface area (Å²) in [6.45, 7) is -0.260. The molecule has 2 N–H and O–H groups in total. The Morgan fingerprint density at radius 1 is 1.41 bits per heavy atom. The van der Waals surface area contributed by atoms with Crippen LogP contribution in [-0.4, -0.2) is 48.7 Å². The highest BCUT2D eigenvalue weighted by Gasteiger charge is 2.51. The van der Waals surface area contributed by atoms with Gasteiger partial charge in [-0.05, 0) is 12.8 Å². The number of halogens is 4. The van der Waals surface area contributed by atoms with Gasteiger partial charge >= 0.3 is 12.3 Å². The van der Waals surface area contributed by atoms with E-state index in [1.807, 2.05) is 0 Å². The third-order valence-electron chi connectivity index (χ3n) is 2.71. The molecule has 0 unspecified atom stereocenters. The molecular weight excluding hydrogens is 246 g/mol. The molecule has 100 valence electrons. The fourth-order valence-corrected chi connectivity index (χ4v) is 1.51. The number of aliphatic hydroxyl groups excluding tert-OH is 1. The van der Waals surface area contributed by atoms with E-state index < -0.39 is 30.4 Å². The topological polar surface area (TPSA) is 58.6 Å². The molecular formula is C9H13F4NO3. The van der Waals surface area contributed by atoms with Gasteiger partial charge in [0.05, 0.1) is 12.1 Å². The van der Waals surface area contributed by atoms with Crippen LogP contribution in [-0.2, 0) is 9.53 Å². The largest absolute Gasteiger partial charge is 0.394 e. The van der Waals surface area contributed by atoms with E-state index in [-0.39, 0.29) is 26.1 Å². The van der Waals surface area contributed by atoms with E-state index >= 15 is 0 Å². The molecule has 1 aliphatic heterocycles. The van der Waals surface area contributed by atoms with Gasteiger partial charge in [0.2, 0.25) is 0 Å². The monoisotopic (exact) mass is 259 g/mol. The van der Waals surface area contributed by atoms with Gasteiger partial charge < -0.3 is 15.2 Å². The van der Waals surface area contributed by atoms with Crippen LogP contribution < -0.4 is 5.32 Å². The fourth-order valence-electron chi connectivity index (χ4n) is 1.51. The molecule has 1 saturated heterocycles. The van der Waals surface area contributed by atoms with Crippen molar-refractivity contribution in [2.24, 2.45) is 0 Å². The Kier molecular flexibility index (Phi) is 4.31. The van der Waals surface area contributed by atoms with E-state index in [2.05, 4.69) is 0 Å². The van der Waals surface area contributed by atoms with Gasteiger partial charge in [-0.1, -0.05) is 0 Å². The lowest BCUT2D eigenvalue weighted by Crippen LogP contribution is -2.59. The van der Waals surface area contributed by atoms with Crippen LogP contribution in [0.5, 0.6) is 0 Å². The summed E-state index contributed by atoms with van der Waals surface area (Å²) < 4.78 is 54.3. The van der Waals surface area contributed by atoms with Crippen LogP contribution in [0, 0.1) is 0 Å². The highest BCUT2D eigenvalue weighted by atomic mass is 19.3. The first-order valence-electron chi connectivity index (χ1n) is 5.01. The summed E-state index contributed by atoms with van der Waals surface area (Å²) in [5.74, 6) is -6.82. The Morgan fingerprint density at radius 2 is 1.94 bits per heavy atom. The summed E-state index contributed by atoms with van der Waals surface area (Å²) in [5.41, 5.74) is -1.30. The van der Waals surface area contributed by atoms with Crippen molar-refractivity contribution < 1.29 is 32.2 Å². The Morgan fingerprint density at radius 3 is 2.35 bits per heavy atom. The molecule has 0 aliphatic carbocycles. The van der Waals surface area contributed by atoms with Crippen molar-refractivity contribution in [3.05, 3.63) is 0 Å². The van der Waals surface area contributed by atoms with Crippen LogP contribution in [0.25, 0.3) is 0 Å². The Balaban J connectivity index is 2.71. The maximum Gasteiger partial charge on any atom is 0.383 e. The minimum Gasteiger partial charge on any atom is -0.394 e. The number of aliphatic hydroxyl groups is 1. The molecule has 1 heterocycles. The maximum absolute atomic E-state index is 12.7. The molecule has 1 fully saturated rings. The molecule has 1 amide bonds. The van der Waals surface area contributed by atoms with E-state index in [4.69, 9.17) is 9.84 Å². The number of amides is 1. The van der Waals surface area contributed by atoms with Crippen molar-refractivity contribution in [2.75, 3.05) is 19.8 Å². The van der Waals surface area contributed by atoms with Crippen LogP contribution in [0.1, 0.15) is 12.8 Å². The number of rotatable bonds is 4. The van der Waals surface area contributed by atoms with Gasteiger partial charge in [0, 0.05) is 13.2 Å². The Hall–Kier alpha value is -0.890. The lowest BCUT2D eigenvalue weighted by molar-refractivity contribution is -0.173. The molecule has 0 saturated carbocycles. The van der Waals surface area contributed by atoms with Crippen molar-refractivity contribution in [1.29, 1.82) is 0 Å². The van der Waals surface area contributed by atoms with Crippen LogP contribution in [0.3, 0.4) is 0 Å². The third kappa shape index (κ3) is 3.06. The van der Waals surface area contributed by atoms with Crippen molar-refractivity contribution >= 4 is 5.91 Å². The van der Waals surface area contributed by atoms with Gasteiger partial charge in [-0.15, -0.1) is 0 Å². The highest BCUT2D eigenvalue weighted by molar-refractivity contribution is 5.84. The highest BCUT2D eigenvalue weighted by Crippen LogP contribution is 2.26. The van der Waals surface area contributed by atoms with E-state index in [9.17, 15) is 22.4 Å². The fraction of sp³-hybridized carbons (Fsp3) is 0.889. The summed E-state index contributed by atoms with van der Waals surface area (Å²) in [4.78, 5) is 11.0. The number of carbonyl (C=O) groups excluding carboxylic acids is 1. The lowest BCUT2D eigenvalue weighted by Gasteiger charge is -2.37. The van der Waals surface area contributed by atoms with E-state index in [1.54, 1.807) is 5.32 Å². The Labute approximate surface area is 94.9 Å². The van der Waals surface area contributed by atoms with Gasteiger partial charge in [-0.2, -0.15) is 8.78 Å². The molecule has 17 heavy (non-hydrogen) atoms. The molecule has 0 atom stereocenters. The van der Waals surface area contributed by atoms with E-state index in [1.165, 1.54) is 0 Å². The van der Waals surface area contributed by atoms with Crippen molar-refractivity contribution in [1.82, 2.24) is 5.32 Å². The minimum absolute atomic E-state index is 0.106. The normalized spacial score (nSPS) is 20.4. The summed E-state index contributed by atoms with van der Waals surface area (Å²) in [7, 11) is 0.